The minimum absolute atomic E-state index is 0.0619. The molecule has 0 saturated heterocycles. The lowest BCUT2D eigenvalue weighted by molar-refractivity contribution is 0.0294. The Morgan fingerprint density at radius 2 is 2.23 bits per heavy atom. The van der Waals surface area contributed by atoms with Gasteiger partial charge in [0.2, 0.25) is 0 Å². The molecule has 0 amide bonds. The summed E-state index contributed by atoms with van der Waals surface area (Å²) >= 11 is 0. The van der Waals surface area contributed by atoms with Crippen LogP contribution in [0.2, 0.25) is 0 Å². The summed E-state index contributed by atoms with van der Waals surface area (Å²) in [6, 6.07) is 0. The van der Waals surface area contributed by atoms with Crippen molar-refractivity contribution in [2.45, 2.75) is 38.7 Å². The molecular weight excluding hydrogens is 164 g/mol. The van der Waals surface area contributed by atoms with Crippen molar-refractivity contribution in [1.29, 1.82) is 0 Å². The second-order valence-electron chi connectivity index (χ2n) is 3.90. The molecule has 0 aliphatic heterocycles. The van der Waals surface area contributed by atoms with Crippen molar-refractivity contribution in [2.24, 2.45) is 11.8 Å². The van der Waals surface area contributed by atoms with Gasteiger partial charge in [-0.15, -0.1) is 0 Å². The first-order valence-corrected chi connectivity index (χ1v) is 5.25. The van der Waals surface area contributed by atoms with Crippen molar-refractivity contribution >= 4 is 0 Å². The largest absolute Gasteiger partial charge is 0.396 e. The summed E-state index contributed by atoms with van der Waals surface area (Å²) in [6.45, 7) is 2.26. The molecule has 0 aromatic rings. The predicted molar refractivity (Wildman–Crippen MR) is 53.4 cm³/mol. The van der Waals surface area contributed by atoms with E-state index < -0.39 is 0 Å². The van der Waals surface area contributed by atoms with E-state index in [0.29, 0.717) is 0 Å². The highest BCUT2D eigenvalue weighted by Crippen LogP contribution is 2.27. The number of aliphatic hydroxyl groups excluding tert-OH is 2. The molecule has 2 N–H and O–H groups in total. The highest BCUT2D eigenvalue weighted by atomic mass is 16.3. The molecule has 1 aliphatic carbocycles. The van der Waals surface area contributed by atoms with E-state index in [9.17, 15) is 5.11 Å². The summed E-state index contributed by atoms with van der Waals surface area (Å²) in [7, 11) is 0. The van der Waals surface area contributed by atoms with Gasteiger partial charge in [-0.05, 0) is 12.8 Å². The normalized spacial score (nSPS) is 33.6. The second-order valence-corrected chi connectivity index (χ2v) is 3.90. The van der Waals surface area contributed by atoms with E-state index in [0.717, 1.165) is 19.3 Å². The Morgan fingerprint density at radius 3 is 2.85 bits per heavy atom. The second kappa shape index (κ2) is 5.40. The summed E-state index contributed by atoms with van der Waals surface area (Å²) in [4.78, 5) is 0. The Balaban J connectivity index is 2.44. The van der Waals surface area contributed by atoms with Gasteiger partial charge < -0.3 is 10.2 Å². The fraction of sp³-hybridized carbons (Fsp3) is 0.818. The van der Waals surface area contributed by atoms with Crippen molar-refractivity contribution in [2.75, 3.05) is 6.61 Å². The SMILES string of the molecule is CCCC[C@@H]1C=CC[C@H](CO)[C@@H]1O. The van der Waals surface area contributed by atoms with Crippen LogP contribution in [0.25, 0.3) is 0 Å². The van der Waals surface area contributed by atoms with Crippen LogP contribution in [0.1, 0.15) is 32.6 Å². The van der Waals surface area contributed by atoms with Gasteiger partial charge >= 0.3 is 0 Å². The van der Waals surface area contributed by atoms with Crippen molar-refractivity contribution in [1.82, 2.24) is 0 Å². The standard InChI is InChI=1S/C11H20O2/c1-2-3-5-9-6-4-7-10(8-12)11(9)13/h4,6,9-13H,2-3,5,7-8H2,1H3/t9-,10-,11-/m1/s1. The van der Waals surface area contributed by atoms with Crippen LogP contribution in [0.15, 0.2) is 12.2 Å². The van der Waals surface area contributed by atoms with Crippen molar-refractivity contribution in [3.05, 3.63) is 12.2 Å². The smallest absolute Gasteiger partial charge is 0.0655 e. The highest BCUT2D eigenvalue weighted by molar-refractivity contribution is 5.00. The summed E-state index contributed by atoms with van der Waals surface area (Å²) in [6.07, 6.45) is 8.05. The molecule has 0 bridgehead atoms. The maximum atomic E-state index is 9.84. The van der Waals surface area contributed by atoms with Crippen molar-refractivity contribution in [3.63, 3.8) is 0 Å². The van der Waals surface area contributed by atoms with Crippen LogP contribution in [-0.4, -0.2) is 22.9 Å². The maximum Gasteiger partial charge on any atom is 0.0655 e. The Bertz CT molecular complexity index is 165. The van der Waals surface area contributed by atoms with Gasteiger partial charge in [0.05, 0.1) is 6.10 Å². The summed E-state index contributed by atoms with van der Waals surface area (Å²) in [5.41, 5.74) is 0. The molecule has 0 spiro atoms. The zero-order valence-electron chi connectivity index (χ0n) is 8.32. The third kappa shape index (κ3) is 2.82. The summed E-state index contributed by atoms with van der Waals surface area (Å²) in [5, 5.41) is 18.9. The minimum Gasteiger partial charge on any atom is -0.396 e. The Labute approximate surface area is 80.3 Å². The van der Waals surface area contributed by atoms with Gasteiger partial charge in [0, 0.05) is 18.4 Å². The van der Waals surface area contributed by atoms with Gasteiger partial charge in [0.15, 0.2) is 0 Å². The zero-order chi connectivity index (χ0) is 9.68. The number of unbranched alkanes of at least 4 members (excludes halogenated alkanes) is 1. The quantitative estimate of drug-likeness (QED) is 0.653. The first-order chi connectivity index (χ1) is 6.29. The van der Waals surface area contributed by atoms with Crippen LogP contribution >= 0.6 is 0 Å². The van der Waals surface area contributed by atoms with Gasteiger partial charge in [-0.25, -0.2) is 0 Å². The molecule has 76 valence electrons. The number of rotatable bonds is 4. The fourth-order valence-corrected chi connectivity index (χ4v) is 1.92. The average molecular weight is 184 g/mol. The van der Waals surface area contributed by atoms with Crippen LogP contribution in [0.3, 0.4) is 0 Å². The van der Waals surface area contributed by atoms with Gasteiger partial charge in [-0.2, -0.15) is 0 Å². The third-order valence-corrected chi connectivity index (χ3v) is 2.87. The highest BCUT2D eigenvalue weighted by Gasteiger charge is 2.27. The van der Waals surface area contributed by atoms with Crippen LogP contribution in [0.4, 0.5) is 0 Å². The summed E-state index contributed by atoms with van der Waals surface area (Å²) < 4.78 is 0. The molecule has 3 atom stereocenters. The first kappa shape index (κ1) is 10.7. The topological polar surface area (TPSA) is 40.5 Å². The Morgan fingerprint density at radius 1 is 1.46 bits per heavy atom. The lowest BCUT2D eigenvalue weighted by Gasteiger charge is -2.29. The van der Waals surface area contributed by atoms with Crippen LogP contribution in [0, 0.1) is 11.8 Å². The predicted octanol–water partition coefficient (Wildman–Crippen LogP) is 1.72. The first-order valence-electron chi connectivity index (χ1n) is 5.25. The Hall–Kier alpha value is -0.340. The molecule has 13 heavy (non-hydrogen) atoms. The van der Waals surface area contributed by atoms with E-state index in [2.05, 4.69) is 19.1 Å². The maximum absolute atomic E-state index is 9.84. The molecule has 0 fully saturated rings. The van der Waals surface area contributed by atoms with E-state index in [4.69, 9.17) is 5.11 Å². The number of allylic oxidation sites excluding steroid dienone is 1. The third-order valence-electron chi connectivity index (χ3n) is 2.87. The average Bonchev–Trinajstić information content (AvgIpc) is 2.16. The molecule has 0 heterocycles. The molecule has 0 aromatic heterocycles. The molecule has 0 saturated carbocycles. The zero-order valence-corrected chi connectivity index (χ0v) is 8.32. The molecule has 2 nitrogen and oxygen atoms in total. The van der Waals surface area contributed by atoms with Crippen molar-refractivity contribution < 1.29 is 10.2 Å². The number of hydrogen-bond acceptors (Lipinski definition) is 2. The van der Waals surface area contributed by atoms with Crippen LogP contribution in [-0.2, 0) is 0 Å². The van der Waals surface area contributed by atoms with E-state index in [-0.39, 0.29) is 24.5 Å². The fourth-order valence-electron chi connectivity index (χ4n) is 1.92. The molecule has 0 radical (unpaired) electrons. The van der Waals surface area contributed by atoms with E-state index in [1.165, 1.54) is 6.42 Å². The Kier molecular flexibility index (Phi) is 4.46. The van der Waals surface area contributed by atoms with Crippen molar-refractivity contribution in [3.8, 4) is 0 Å². The number of hydrogen-bond donors (Lipinski definition) is 2. The molecular formula is C11H20O2. The van der Waals surface area contributed by atoms with Crippen LogP contribution < -0.4 is 0 Å². The monoisotopic (exact) mass is 184 g/mol. The van der Waals surface area contributed by atoms with E-state index in [1.54, 1.807) is 0 Å². The minimum atomic E-state index is -0.332. The van der Waals surface area contributed by atoms with Gasteiger partial charge in [0.25, 0.3) is 0 Å². The molecule has 0 aromatic carbocycles. The molecule has 1 rings (SSSR count). The lowest BCUT2D eigenvalue weighted by Crippen LogP contribution is -2.32. The molecule has 1 aliphatic rings. The van der Waals surface area contributed by atoms with Gasteiger partial charge in [-0.1, -0.05) is 31.9 Å². The molecule has 2 heteroatoms. The summed E-state index contributed by atoms with van der Waals surface area (Å²) in [5.74, 6) is 0.331. The van der Waals surface area contributed by atoms with E-state index in [1.807, 2.05) is 0 Å². The van der Waals surface area contributed by atoms with Gasteiger partial charge in [0.1, 0.15) is 0 Å². The van der Waals surface area contributed by atoms with Gasteiger partial charge in [-0.3, -0.25) is 0 Å². The molecule has 0 unspecified atom stereocenters. The van der Waals surface area contributed by atoms with E-state index >= 15 is 0 Å². The lowest BCUT2D eigenvalue weighted by atomic mass is 9.81. The number of aliphatic hydroxyl groups is 2. The van der Waals surface area contributed by atoms with Crippen LogP contribution in [0.5, 0.6) is 0 Å².